The molecule has 1 rings (SSSR count). The molecule has 0 radical (unpaired) electrons. The maximum absolute atomic E-state index is 11.7. The molecule has 1 aromatic heterocycles. The molecule has 0 aliphatic rings. The Kier molecular flexibility index (Phi) is 6.12. The van der Waals surface area contributed by atoms with Crippen LogP contribution in [0.4, 0.5) is 0 Å². The fourth-order valence-corrected chi connectivity index (χ4v) is 1.91. The fourth-order valence-electron chi connectivity index (χ4n) is 1.91. The molecule has 1 aromatic rings. The monoisotopic (exact) mass is 267 g/mol. The Bertz CT molecular complexity index is 400. The number of carbonyl (C=O) groups excluding carboxylic acids is 1. The molecule has 19 heavy (non-hydrogen) atoms. The van der Waals surface area contributed by atoms with E-state index in [1.165, 1.54) is 0 Å². The van der Waals surface area contributed by atoms with Gasteiger partial charge >= 0.3 is 5.97 Å². The molecule has 0 aliphatic carbocycles. The molecule has 0 aliphatic heterocycles. The highest BCUT2D eigenvalue weighted by atomic mass is 16.4. The van der Waals surface area contributed by atoms with E-state index < -0.39 is 5.97 Å². The number of aryl methyl sites for hydroxylation is 1. The molecule has 0 saturated carbocycles. The summed E-state index contributed by atoms with van der Waals surface area (Å²) in [5.41, 5.74) is 0. The number of hydrogen-bond donors (Lipinski definition) is 2. The number of aliphatic carboxylic acids is 1. The van der Waals surface area contributed by atoms with Gasteiger partial charge in [0.1, 0.15) is 5.76 Å². The molecule has 0 aromatic carbocycles. The third-order valence-corrected chi connectivity index (χ3v) is 2.87. The first-order valence-corrected chi connectivity index (χ1v) is 6.51. The van der Waals surface area contributed by atoms with Gasteiger partial charge in [-0.1, -0.05) is 6.92 Å². The van der Waals surface area contributed by atoms with E-state index in [2.05, 4.69) is 5.32 Å². The second-order valence-electron chi connectivity index (χ2n) is 4.99. The maximum atomic E-state index is 11.7. The van der Waals surface area contributed by atoms with Crippen molar-refractivity contribution < 1.29 is 19.1 Å². The molecule has 2 N–H and O–H groups in total. The van der Waals surface area contributed by atoms with Gasteiger partial charge in [-0.15, -0.1) is 0 Å². The van der Waals surface area contributed by atoms with Crippen LogP contribution < -0.4 is 5.32 Å². The number of carboxylic acid groups (broad SMARTS) is 1. The minimum Gasteiger partial charge on any atom is -0.481 e. The molecule has 0 spiro atoms. The van der Waals surface area contributed by atoms with E-state index >= 15 is 0 Å². The zero-order chi connectivity index (χ0) is 14.3. The van der Waals surface area contributed by atoms with Crippen molar-refractivity contribution in [3.05, 3.63) is 24.2 Å². The third kappa shape index (κ3) is 6.64. The van der Waals surface area contributed by atoms with Crippen LogP contribution in [0.2, 0.25) is 0 Å². The standard InChI is InChI=1S/C14H21NO4/c1-10(9-14(17)18)8-13(16)15-11(2)5-6-12-4-3-7-19-12/h3-4,7,10-11H,5-6,8-9H2,1-2H3,(H,15,16)(H,17,18). The van der Waals surface area contributed by atoms with E-state index in [9.17, 15) is 9.59 Å². The Morgan fingerprint density at radius 3 is 2.68 bits per heavy atom. The van der Waals surface area contributed by atoms with Crippen LogP contribution in [0, 0.1) is 5.92 Å². The number of hydrogen-bond acceptors (Lipinski definition) is 3. The summed E-state index contributed by atoms with van der Waals surface area (Å²) in [6, 6.07) is 3.80. The molecule has 2 atom stereocenters. The van der Waals surface area contributed by atoms with Crippen LogP contribution in [0.3, 0.4) is 0 Å². The van der Waals surface area contributed by atoms with Crippen LogP contribution in [0.15, 0.2) is 22.8 Å². The number of amides is 1. The minimum atomic E-state index is -0.869. The van der Waals surface area contributed by atoms with Crippen LogP contribution in [0.1, 0.15) is 38.9 Å². The van der Waals surface area contributed by atoms with Crippen molar-refractivity contribution in [3.8, 4) is 0 Å². The Labute approximate surface area is 113 Å². The molecular formula is C14H21NO4. The summed E-state index contributed by atoms with van der Waals surface area (Å²) in [6.45, 7) is 3.70. The van der Waals surface area contributed by atoms with Crippen LogP contribution in [-0.4, -0.2) is 23.0 Å². The molecule has 1 amide bonds. The lowest BCUT2D eigenvalue weighted by Crippen LogP contribution is -2.34. The molecule has 106 valence electrons. The van der Waals surface area contributed by atoms with E-state index in [4.69, 9.17) is 9.52 Å². The topological polar surface area (TPSA) is 79.5 Å². The smallest absolute Gasteiger partial charge is 0.303 e. The molecule has 2 unspecified atom stereocenters. The van der Waals surface area contributed by atoms with E-state index in [0.29, 0.717) is 0 Å². The Morgan fingerprint density at radius 1 is 1.37 bits per heavy atom. The van der Waals surface area contributed by atoms with Gasteiger partial charge in [0.15, 0.2) is 0 Å². The second-order valence-corrected chi connectivity index (χ2v) is 4.99. The van der Waals surface area contributed by atoms with Gasteiger partial charge < -0.3 is 14.8 Å². The molecule has 1 heterocycles. The quantitative estimate of drug-likeness (QED) is 0.757. The predicted molar refractivity (Wildman–Crippen MR) is 70.7 cm³/mol. The first-order chi connectivity index (χ1) is 8.97. The molecule has 0 saturated heterocycles. The number of nitrogens with one attached hydrogen (secondary N) is 1. The van der Waals surface area contributed by atoms with Gasteiger partial charge in [-0.2, -0.15) is 0 Å². The van der Waals surface area contributed by atoms with Gasteiger partial charge in [0.25, 0.3) is 0 Å². The van der Waals surface area contributed by atoms with Crippen LogP contribution >= 0.6 is 0 Å². The van der Waals surface area contributed by atoms with Crippen LogP contribution in [-0.2, 0) is 16.0 Å². The summed E-state index contributed by atoms with van der Waals surface area (Å²) >= 11 is 0. The lowest BCUT2D eigenvalue weighted by atomic mass is 10.0. The van der Waals surface area contributed by atoms with E-state index in [0.717, 1.165) is 18.6 Å². The summed E-state index contributed by atoms with van der Waals surface area (Å²) in [7, 11) is 0. The van der Waals surface area contributed by atoms with Crippen molar-refractivity contribution in [1.82, 2.24) is 5.32 Å². The average Bonchev–Trinajstić information content (AvgIpc) is 2.77. The van der Waals surface area contributed by atoms with Gasteiger partial charge in [-0.05, 0) is 31.4 Å². The summed E-state index contributed by atoms with van der Waals surface area (Å²) in [6.07, 6.45) is 3.48. The maximum Gasteiger partial charge on any atom is 0.303 e. The Morgan fingerprint density at radius 2 is 2.11 bits per heavy atom. The van der Waals surface area contributed by atoms with Crippen molar-refractivity contribution in [2.45, 2.75) is 45.6 Å². The highest BCUT2D eigenvalue weighted by molar-refractivity contribution is 5.77. The average molecular weight is 267 g/mol. The predicted octanol–water partition coefficient (Wildman–Crippen LogP) is 2.22. The Hall–Kier alpha value is -1.78. The number of carbonyl (C=O) groups is 2. The molecule has 0 fully saturated rings. The first kappa shape index (κ1) is 15.3. The van der Waals surface area contributed by atoms with Gasteiger partial charge in [0.05, 0.1) is 6.26 Å². The van der Waals surface area contributed by atoms with Gasteiger partial charge in [0.2, 0.25) is 5.91 Å². The van der Waals surface area contributed by atoms with E-state index in [1.54, 1.807) is 13.2 Å². The van der Waals surface area contributed by atoms with Gasteiger partial charge in [0, 0.05) is 25.3 Å². The highest BCUT2D eigenvalue weighted by Crippen LogP contribution is 2.09. The van der Waals surface area contributed by atoms with Crippen molar-refractivity contribution in [2.75, 3.05) is 0 Å². The third-order valence-electron chi connectivity index (χ3n) is 2.87. The van der Waals surface area contributed by atoms with Crippen molar-refractivity contribution in [3.63, 3.8) is 0 Å². The second kappa shape index (κ2) is 7.61. The lowest BCUT2D eigenvalue weighted by molar-refractivity contribution is -0.138. The zero-order valence-electron chi connectivity index (χ0n) is 11.4. The Balaban J connectivity index is 2.22. The normalized spacial score (nSPS) is 13.8. The van der Waals surface area contributed by atoms with Crippen molar-refractivity contribution in [1.29, 1.82) is 0 Å². The minimum absolute atomic E-state index is 0.0220. The van der Waals surface area contributed by atoms with E-state index in [-0.39, 0.29) is 30.7 Å². The van der Waals surface area contributed by atoms with Crippen molar-refractivity contribution in [2.24, 2.45) is 5.92 Å². The SMILES string of the molecule is CC(CC(=O)O)CC(=O)NC(C)CCc1ccco1. The molecule has 5 heteroatoms. The van der Waals surface area contributed by atoms with Gasteiger partial charge in [-0.3, -0.25) is 9.59 Å². The van der Waals surface area contributed by atoms with Crippen LogP contribution in [0.25, 0.3) is 0 Å². The van der Waals surface area contributed by atoms with Gasteiger partial charge in [-0.25, -0.2) is 0 Å². The van der Waals surface area contributed by atoms with E-state index in [1.807, 2.05) is 19.1 Å². The number of rotatable bonds is 8. The molecule has 0 bridgehead atoms. The summed E-state index contributed by atoms with van der Waals surface area (Å²) < 4.78 is 5.22. The number of carboxylic acids is 1. The first-order valence-electron chi connectivity index (χ1n) is 6.51. The highest BCUT2D eigenvalue weighted by Gasteiger charge is 2.14. The van der Waals surface area contributed by atoms with Crippen molar-refractivity contribution >= 4 is 11.9 Å². The van der Waals surface area contributed by atoms with Crippen LogP contribution in [0.5, 0.6) is 0 Å². The lowest BCUT2D eigenvalue weighted by Gasteiger charge is -2.15. The zero-order valence-corrected chi connectivity index (χ0v) is 11.4. The summed E-state index contributed by atoms with van der Waals surface area (Å²) in [5.74, 6) is -0.206. The molecule has 5 nitrogen and oxygen atoms in total. The number of furan rings is 1. The molecular weight excluding hydrogens is 246 g/mol. The summed E-state index contributed by atoms with van der Waals surface area (Å²) in [4.78, 5) is 22.2. The summed E-state index contributed by atoms with van der Waals surface area (Å²) in [5, 5.41) is 11.5. The largest absolute Gasteiger partial charge is 0.481 e. The fraction of sp³-hybridized carbons (Fsp3) is 0.571.